The molecule has 6 nitrogen and oxygen atoms in total. The molecule has 0 saturated heterocycles. The van der Waals surface area contributed by atoms with Gasteiger partial charge in [-0.15, -0.1) is 13.2 Å². The summed E-state index contributed by atoms with van der Waals surface area (Å²) < 4.78 is 40.6. The Morgan fingerprint density at radius 1 is 1.14 bits per heavy atom. The van der Waals surface area contributed by atoms with Crippen molar-refractivity contribution in [1.82, 2.24) is 9.97 Å². The lowest BCUT2D eigenvalue weighted by atomic mass is 10.1. The van der Waals surface area contributed by atoms with E-state index in [4.69, 9.17) is 11.6 Å². The highest BCUT2D eigenvalue weighted by Crippen LogP contribution is 2.35. The molecule has 1 aromatic heterocycles. The Bertz CT molecular complexity index is 1090. The molecule has 1 aliphatic rings. The standard InChI is InChI=1S/C19H12ClF3N4O2/c20-11-1-6-14-15(8-11)26-16(28)7-10-9-24-18(27-17(10)14)25-12-2-4-13(5-3-12)29-19(21,22)23/h1-6,8-9H,7H2,(H,26,28)(H,24,25,27). The molecule has 0 aliphatic carbocycles. The van der Waals surface area contributed by atoms with Crippen molar-refractivity contribution >= 4 is 34.8 Å². The van der Waals surface area contributed by atoms with E-state index in [2.05, 4.69) is 25.3 Å². The third-order valence-corrected chi connectivity index (χ3v) is 4.31. The SMILES string of the molecule is O=C1Cc2cnc(Nc3ccc(OC(F)(F)F)cc3)nc2-c2ccc(Cl)cc2N1. The first-order valence-electron chi connectivity index (χ1n) is 8.35. The highest BCUT2D eigenvalue weighted by molar-refractivity contribution is 6.31. The third-order valence-electron chi connectivity index (χ3n) is 4.07. The Balaban J connectivity index is 1.63. The number of nitrogens with one attached hydrogen (secondary N) is 2. The van der Waals surface area contributed by atoms with Crippen molar-refractivity contribution < 1.29 is 22.7 Å². The zero-order valence-electron chi connectivity index (χ0n) is 14.5. The maximum absolute atomic E-state index is 12.3. The van der Waals surface area contributed by atoms with Crippen LogP contribution in [0, 0.1) is 0 Å². The molecule has 2 heterocycles. The van der Waals surface area contributed by atoms with Crippen LogP contribution in [0.1, 0.15) is 5.56 Å². The van der Waals surface area contributed by atoms with Gasteiger partial charge in [0, 0.05) is 28.0 Å². The van der Waals surface area contributed by atoms with Gasteiger partial charge in [-0.1, -0.05) is 11.6 Å². The lowest BCUT2D eigenvalue weighted by Crippen LogP contribution is -2.17. The first-order valence-corrected chi connectivity index (χ1v) is 8.73. The van der Waals surface area contributed by atoms with Crippen LogP contribution >= 0.6 is 11.6 Å². The predicted molar refractivity (Wildman–Crippen MR) is 101 cm³/mol. The number of halogens is 4. The molecular weight excluding hydrogens is 409 g/mol. The van der Waals surface area contributed by atoms with Gasteiger partial charge in [-0.2, -0.15) is 0 Å². The number of carbonyl (C=O) groups excluding carboxylic acids is 1. The van der Waals surface area contributed by atoms with Crippen LogP contribution in [0.3, 0.4) is 0 Å². The number of hydrogen-bond acceptors (Lipinski definition) is 5. The summed E-state index contributed by atoms with van der Waals surface area (Å²) in [6, 6.07) is 10.3. The van der Waals surface area contributed by atoms with E-state index in [9.17, 15) is 18.0 Å². The minimum Gasteiger partial charge on any atom is -0.406 e. The Hall–Kier alpha value is -3.33. The summed E-state index contributed by atoms with van der Waals surface area (Å²) in [7, 11) is 0. The van der Waals surface area contributed by atoms with Crippen LogP contribution in [-0.2, 0) is 11.2 Å². The number of aromatic nitrogens is 2. The van der Waals surface area contributed by atoms with Crippen molar-refractivity contribution in [3.05, 3.63) is 59.2 Å². The second-order valence-corrected chi connectivity index (χ2v) is 6.62. The van der Waals surface area contributed by atoms with Gasteiger partial charge in [0.05, 0.1) is 17.8 Å². The van der Waals surface area contributed by atoms with E-state index in [1.165, 1.54) is 30.5 Å². The molecule has 0 saturated carbocycles. The van der Waals surface area contributed by atoms with E-state index in [0.29, 0.717) is 33.2 Å². The molecule has 1 aliphatic heterocycles. The van der Waals surface area contributed by atoms with Crippen LogP contribution in [0.5, 0.6) is 5.75 Å². The molecule has 29 heavy (non-hydrogen) atoms. The summed E-state index contributed by atoms with van der Waals surface area (Å²) in [6.45, 7) is 0. The Kier molecular flexibility index (Phi) is 4.75. The van der Waals surface area contributed by atoms with Gasteiger partial charge in [0.25, 0.3) is 0 Å². The second kappa shape index (κ2) is 7.25. The fourth-order valence-corrected chi connectivity index (χ4v) is 3.06. The molecule has 0 radical (unpaired) electrons. The summed E-state index contributed by atoms with van der Waals surface area (Å²) >= 11 is 6.02. The lowest BCUT2D eigenvalue weighted by Gasteiger charge is -2.12. The van der Waals surface area contributed by atoms with Crippen molar-refractivity contribution in [2.75, 3.05) is 10.6 Å². The predicted octanol–water partition coefficient (Wildman–Crippen LogP) is 4.93. The molecule has 148 valence electrons. The van der Waals surface area contributed by atoms with Crippen LogP contribution in [0.15, 0.2) is 48.7 Å². The van der Waals surface area contributed by atoms with E-state index in [0.717, 1.165) is 0 Å². The molecule has 0 spiro atoms. The smallest absolute Gasteiger partial charge is 0.406 e. The van der Waals surface area contributed by atoms with Crippen LogP contribution in [0.4, 0.5) is 30.5 Å². The number of anilines is 3. The maximum atomic E-state index is 12.3. The Morgan fingerprint density at radius 3 is 2.62 bits per heavy atom. The molecule has 2 aromatic carbocycles. The highest BCUT2D eigenvalue weighted by atomic mass is 35.5. The number of carbonyl (C=O) groups is 1. The molecule has 2 N–H and O–H groups in total. The largest absolute Gasteiger partial charge is 0.573 e. The number of nitrogens with zero attached hydrogens (tertiary/aromatic N) is 2. The summed E-state index contributed by atoms with van der Waals surface area (Å²) in [4.78, 5) is 20.8. The van der Waals surface area contributed by atoms with Crippen LogP contribution < -0.4 is 15.4 Å². The number of ether oxygens (including phenoxy) is 1. The average Bonchev–Trinajstić information content (AvgIpc) is 2.77. The topological polar surface area (TPSA) is 76.1 Å². The van der Waals surface area contributed by atoms with Crippen molar-refractivity contribution in [1.29, 1.82) is 0 Å². The molecule has 10 heteroatoms. The van der Waals surface area contributed by atoms with Crippen LogP contribution in [-0.4, -0.2) is 22.2 Å². The fourth-order valence-electron chi connectivity index (χ4n) is 2.89. The fraction of sp³-hybridized carbons (Fsp3) is 0.105. The molecule has 0 unspecified atom stereocenters. The van der Waals surface area contributed by atoms with Gasteiger partial charge < -0.3 is 15.4 Å². The number of rotatable bonds is 3. The van der Waals surface area contributed by atoms with E-state index in [1.807, 2.05) is 0 Å². The minimum atomic E-state index is -4.75. The monoisotopic (exact) mass is 420 g/mol. The van der Waals surface area contributed by atoms with Crippen molar-refractivity contribution in [2.45, 2.75) is 12.8 Å². The number of fused-ring (bicyclic) bond motifs is 3. The first kappa shape index (κ1) is 19.0. The molecule has 0 bridgehead atoms. The second-order valence-electron chi connectivity index (χ2n) is 6.18. The van der Waals surface area contributed by atoms with E-state index < -0.39 is 6.36 Å². The van der Waals surface area contributed by atoms with Crippen molar-refractivity contribution in [3.63, 3.8) is 0 Å². The minimum absolute atomic E-state index is 0.103. The Morgan fingerprint density at radius 2 is 1.90 bits per heavy atom. The van der Waals surface area contributed by atoms with Gasteiger partial charge in [-0.3, -0.25) is 4.79 Å². The summed E-state index contributed by atoms with van der Waals surface area (Å²) in [5, 5.41) is 6.19. The normalized spacial score (nSPS) is 13.0. The van der Waals surface area contributed by atoms with E-state index >= 15 is 0 Å². The summed E-state index contributed by atoms with van der Waals surface area (Å²) in [5.74, 6) is -0.318. The van der Waals surface area contributed by atoms with Gasteiger partial charge in [-0.05, 0) is 42.5 Å². The number of alkyl halides is 3. The number of benzene rings is 2. The molecular formula is C19H12ClF3N4O2. The van der Waals surface area contributed by atoms with Crippen LogP contribution in [0.2, 0.25) is 5.02 Å². The van der Waals surface area contributed by atoms with Gasteiger partial charge in [0.2, 0.25) is 11.9 Å². The van der Waals surface area contributed by atoms with Crippen LogP contribution in [0.25, 0.3) is 11.3 Å². The summed E-state index contributed by atoms with van der Waals surface area (Å²) in [6.07, 6.45) is -3.11. The number of hydrogen-bond donors (Lipinski definition) is 2. The first-order chi connectivity index (χ1) is 13.8. The van der Waals surface area contributed by atoms with E-state index in [-0.39, 0.29) is 24.0 Å². The zero-order chi connectivity index (χ0) is 20.6. The Labute approximate surface area is 167 Å². The van der Waals surface area contributed by atoms with E-state index in [1.54, 1.807) is 18.2 Å². The highest BCUT2D eigenvalue weighted by Gasteiger charge is 2.31. The summed E-state index contributed by atoms with van der Waals surface area (Å²) in [5.41, 5.74) is 2.90. The van der Waals surface area contributed by atoms with Gasteiger partial charge in [0.1, 0.15) is 5.75 Å². The van der Waals surface area contributed by atoms with Crippen molar-refractivity contribution in [3.8, 4) is 17.0 Å². The van der Waals surface area contributed by atoms with Gasteiger partial charge in [-0.25, -0.2) is 9.97 Å². The maximum Gasteiger partial charge on any atom is 0.573 e. The zero-order valence-corrected chi connectivity index (χ0v) is 15.3. The quantitative estimate of drug-likeness (QED) is 0.628. The molecule has 0 atom stereocenters. The molecule has 3 aromatic rings. The molecule has 0 fully saturated rings. The molecule has 1 amide bonds. The third kappa shape index (κ3) is 4.40. The average molecular weight is 421 g/mol. The molecule has 4 rings (SSSR count). The van der Waals surface area contributed by atoms with Gasteiger partial charge in [0.15, 0.2) is 0 Å². The van der Waals surface area contributed by atoms with Gasteiger partial charge >= 0.3 is 6.36 Å². The lowest BCUT2D eigenvalue weighted by molar-refractivity contribution is -0.274. The van der Waals surface area contributed by atoms with Crippen molar-refractivity contribution in [2.24, 2.45) is 0 Å². The number of amides is 1.